The van der Waals surface area contributed by atoms with Gasteiger partial charge in [0, 0.05) is 24.8 Å². The molecule has 0 aromatic heterocycles. The Labute approximate surface area is 186 Å². The third kappa shape index (κ3) is 6.72. The number of sulfonamides is 1. The average Bonchev–Trinajstić information content (AvgIpc) is 2.68. The lowest BCUT2D eigenvalue weighted by molar-refractivity contribution is -0.121. The van der Waals surface area contributed by atoms with Crippen LogP contribution in [0.25, 0.3) is 0 Å². The third-order valence-corrected chi connectivity index (χ3v) is 6.21. The van der Waals surface area contributed by atoms with E-state index in [4.69, 9.17) is 0 Å². The minimum atomic E-state index is -3.39. The van der Waals surface area contributed by atoms with Gasteiger partial charge in [0.05, 0.1) is 18.4 Å². The Morgan fingerprint density at radius 3 is 2.23 bits per heavy atom. The standard InChI is InChI=1S/C24H33N3O3S/c1-24(2,3)19-9-11-21(12-10-19)27-15-13-20(14-16-27)25-23(28)17-18-7-5-6-8-22(18)26-31(4,29)30/h5-12,20,26H,13-17H2,1-4H3,(H,25,28). The number of para-hydroxylation sites is 1. The van der Waals surface area contributed by atoms with Gasteiger partial charge in [-0.2, -0.15) is 0 Å². The lowest BCUT2D eigenvalue weighted by Gasteiger charge is -2.34. The summed E-state index contributed by atoms with van der Waals surface area (Å²) in [7, 11) is -3.39. The summed E-state index contributed by atoms with van der Waals surface area (Å²) in [5.41, 5.74) is 3.81. The van der Waals surface area contributed by atoms with Gasteiger partial charge < -0.3 is 10.2 Å². The second-order valence-electron chi connectivity index (χ2n) is 9.33. The van der Waals surface area contributed by atoms with E-state index in [1.54, 1.807) is 24.3 Å². The van der Waals surface area contributed by atoms with Crippen LogP contribution >= 0.6 is 0 Å². The first-order valence-corrected chi connectivity index (χ1v) is 12.6. The Bertz CT molecular complexity index is 1000. The fraction of sp³-hybridized carbons (Fsp3) is 0.458. The molecule has 3 rings (SSSR count). The van der Waals surface area contributed by atoms with Gasteiger partial charge in [0.1, 0.15) is 0 Å². The fourth-order valence-corrected chi connectivity index (χ4v) is 4.48. The Morgan fingerprint density at radius 2 is 1.65 bits per heavy atom. The maximum atomic E-state index is 12.6. The average molecular weight is 444 g/mol. The second kappa shape index (κ2) is 9.30. The van der Waals surface area contributed by atoms with Gasteiger partial charge in [0.15, 0.2) is 0 Å². The van der Waals surface area contributed by atoms with Crippen LogP contribution in [-0.4, -0.2) is 39.7 Å². The number of hydrogen-bond acceptors (Lipinski definition) is 4. The number of nitrogens with one attached hydrogen (secondary N) is 2. The van der Waals surface area contributed by atoms with Crippen molar-refractivity contribution in [2.45, 2.75) is 51.5 Å². The maximum absolute atomic E-state index is 12.6. The molecule has 0 atom stereocenters. The molecular weight excluding hydrogens is 410 g/mol. The largest absolute Gasteiger partial charge is 0.371 e. The van der Waals surface area contributed by atoms with Crippen LogP contribution in [0.15, 0.2) is 48.5 Å². The molecule has 1 aliphatic heterocycles. The van der Waals surface area contributed by atoms with Gasteiger partial charge in [0.2, 0.25) is 15.9 Å². The Kier molecular flexibility index (Phi) is 6.94. The molecule has 31 heavy (non-hydrogen) atoms. The molecule has 168 valence electrons. The summed E-state index contributed by atoms with van der Waals surface area (Å²) in [5.74, 6) is -0.0873. The zero-order valence-corrected chi connectivity index (χ0v) is 19.6. The zero-order chi connectivity index (χ0) is 22.6. The summed E-state index contributed by atoms with van der Waals surface area (Å²) >= 11 is 0. The first-order valence-electron chi connectivity index (χ1n) is 10.7. The summed E-state index contributed by atoms with van der Waals surface area (Å²) in [4.78, 5) is 14.9. The van der Waals surface area contributed by atoms with Gasteiger partial charge in [0.25, 0.3) is 0 Å². The molecule has 1 amide bonds. The Morgan fingerprint density at radius 1 is 1.03 bits per heavy atom. The Hall–Kier alpha value is -2.54. The van der Waals surface area contributed by atoms with Crippen LogP contribution in [0.5, 0.6) is 0 Å². The maximum Gasteiger partial charge on any atom is 0.229 e. The minimum absolute atomic E-state index is 0.0873. The number of rotatable bonds is 6. The van der Waals surface area contributed by atoms with E-state index in [2.05, 4.69) is 60.0 Å². The molecule has 6 nitrogen and oxygen atoms in total. The highest BCUT2D eigenvalue weighted by atomic mass is 32.2. The van der Waals surface area contributed by atoms with Crippen LogP contribution in [0.1, 0.15) is 44.7 Å². The monoisotopic (exact) mass is 443 g/mol. The van der Waals surface area contributed by atoms with E-state index in [-0.39, 0.29) is 23.8 Å². The predicted molar refractivity (Wildman–Crippen MR) is 127 cm³/mol. The van der Waals surface area contributed by atoms with Gasteiger partial charge in [-0.15, -0.1) is 0 Å². The SMILES string of the molecule is CC(C)(C)c1ccc(N2CCC(NC(=O)Cc3ccccc3NS(C)(=O)=O)CC2)cc1. The highest BCUT2D eigenvalue weighted by molar-refractivity contribution is 7.92. The first-order chi connectivity index (χ1) is 14.5. The number of nitrogens with zero attached hydrogens (tertiary/aromatic N) is 1. The number of benzene rings is 2. The fourth-order valence-electron chi connectivity index (χ4n) is 3.88. The van der Waals surface area contributed by atoms with Crippen molar-refractivity contribution in [2.24, 2.45) is 0 Å². The molecule has 2 N–H and O–H groups in total. The third-order valence-electron chi connectivity index (χ3n) is 5.62. The molecule has 0 bridgehead atoms. The molecule has 0 saturated carbocycles. The van der Waals surface area contributed by atoms with Gasteiger partial charge in [-0.3, -0.25) is 9.52 Å². The highest BCUT2D eigenvalue weighted by Crippen LogP contribution is 2.26. The van der Waals surface area contributed by atoms with E-state index < -0.39 is 10.0 Å². The zero-order valence-electron chi connectivity index (χ0n) is 18.8. The molecule has 7 heteroatoms. The van der Waals surface area contributed by atoms with Crippen molar-refractivity contribution in [3.63, 3.8) is 0 Å². The minimum Gasteiger partial charge on any atom is -0.371 e. The number of hydrogen-bond donors (Lipinski definition) is 2. The summed E-state index contributed by atoms with van der Waals surface area (Å²) in [6, 6.07) is 15.9. The smallest absolute Gasteiger partial charge is 0.229 e. The highest BCUT2D eigenvalue weighted by Gasteiger charge is 2.22. The van der Waals surface area contributed by atoms with Crippen molar-refractivity contribution >= 4 is 27.3 Å². The van der Waals surface area contributed by atoms with Crippen molar-refractivity contribution in [2.75, 3.05) is 29.0 Å². The summed E-state index contributed by atoms with van der Waals surface area (Å²) < 4.78 is 25.6. The molecule has 1 aliphatic rings. The number of carbonyl (C=O) groups is 1. The van der Waals surface area contributed by atoms with Crippen molar-refractivity contribution in [1.29, 1.82) is 0 Å². The Balaban J connectivity index is 1.53. The van der Waals surface area contributed by atoms with Crippen molar-refractivity contribution in [1.82, 2.24) is 5.32 Å². The molecule has 1 saturated heterocycles. The van der Waals surface area contributed by atoms with E-state index in [9.17, 15) is 13.2 Å². The van der Waals surface area contributed by atoms with E-state index in [0.717, 1.165) is 32.2 Å². The number of carbonyl (C=O) groups excluding carboxylic acids is 1. The lowest BCUT2D eigenvalue weighted by atomic mass is 9.87. The molecule has 2 aromatic rings. The van der Waals surface area contributed by atoms with Crippen LogP contribution in [-0.2, 0) is 26.7 Å². The topological polar surface area (TPSA) is 78.5 Å². The van der Waals surface area contributed by atoms with Gasteiger partial charge in [-0.05, 0) is 47.6 Å². The summed E-state index contributed by atoms with van der Waals surface area (Å²) in [5, 5.41) is 3.12. The van der Waals surface area contributed by atoms with Crippen LogP contribution in [0, 0.1) is 0 Å². The van der Waals surface area contributed by atoms with Crippen molar-refractivity contribution < 1.29 is 13.2 Å². The number of anilines is 2. The predicted octanol–water partition coefficient (Wildman–Crippen LogP) is 3.68. The summed E-state index contributed by atoms with van der Waals surface area (Å²) in [6.07, 6.45) is 3.02. The first kappa shape index (κ1) is 23.1. The molecule has 1 heterocycles. The molecule has 0 radical (unpaired) electrons. The van der Waals surface area contributed by atoms with Crippen molar-refractivity contribution in [3.8, 4) is 0 Å². The molecule has 0 unspecified atom stereocenters. The number of piperidine rings is 1. The lowest BCUT2D eigenvalue weighted by Crippen LogP contribution is -2.45. The van der Waals surface area contributed by atoms with Crippen molar-refractivity contribution in [3.05, 3.63) is 59.7 Å². The van der Waals surface area contributed by atoms with Crippen LogP contribution in [0.2, 0.25) is 0 Å². The van der Waals surface area contributed by atoms with Crippen LogP contribution in [0.4, 0.5) is 11.4 Å². The second-order valence-corrected chi connectivity index (χ2v) is 11.1. The molecule has 0 spiro atoms. The summed E-state index contributed by atoms with van der Waals surface area (Å²) in [6.45, 7) is 8.43. The number of amides is 1. The van der Waals surface area contributed by atoms with Crippen LogP contribution in [0.3, 0.4) is 0 Å². The quantitative estimate of drug-likeness (QED) is 0.714. The molecule has 0 aliphatic carbocycles. The normalized spacial score (nSPS) is 15.5. The van der Waals surface area contributed by atoms with Gasteiger partial charge >= 0.3 is 0 Å². The molecular formula is C24H33N3O3S. The van der Waals surface area contributed by atoms with Crippen LogP contribution < -0.4 is 14.9 Å². The molecule has 1 fully saturated rings. The van der Waals surface area contributed by atoms with E-state index in [1.807, 2.05) is 0 Å². The van der Waals surface area contributed by atoms with Gasteiger partial charge in [-0.1, -0.05) is 51.1 Å². The van der Waals surface area contributed by atoms with E-state index >= 15 is 0 Å². The van der Waals surface area contributed by atoms with E-state index in [1.165, 1.54) is 11.3 Å². The van der Waals surface area contributed by atoms with Gasteiger partial charge in [-0.25, -0.2) is 8.42 Å². The van der Waals surface area contributed by atoms with E-state index in [0.29, 0.717) is 11.3 Å². The molecule has 2 aromatic carbocycles.